The lowest BCUT2D eigenvalue weighted by Gasteiger charge is -2.07. The van der Waals surface area contributed by atoms with Gasteiger partial charge in [0, 0.05) is 11.8 Å². The second kappa shape index (κ2) is 7.17. The minimum Gasteiger partial charge on any atom is -0.497 e. The number of ether oxygens (including phenoxy) is 1. The third-order valence-corrected chi connectivity index (χ3v) is 4.78. The minimum absolute atomic E-state index is 0.0411. The molecule has 0 saturated carbocycles. The zero-order valence-electron chi connectivity index (χ0n) is 14.6. The van der Waals surface area contributed by atoms with Gasteiger partial charge in [-0.25, -0.2) is 18.2 Å². The monoisotopic (exact) mass is 387 g/mol. The first-order chi connectivity index (χ1) is 12.8. The molecule has 140 valence electrons. The average Bonchev–Trinajstić information content (AvgIpc) is 3.03. The summed E-state index contributed by atoms with van der Waals surface area (Å²) in [6, 6.07) is 12.7. The van der Waals surface area contributed by atoms with Crippen LogP contribution in [0.2, 0.25) is 0 Å². The fourth-order valence-electron chi connectivity index (χ4n) is 2.44. The zero-order chi connectivity index (χ0) is 19.6. The molecule has 3 N–H and O–H groups in total. The number of nitrogens with zero attached hydrogens (tertiary/aromatic N) is 3. The van der Waals surface area contributed by atoms with Gasteiger partial charge in [-0.2, -0.15) is 0 Å². The van der Waals surface area contributed by atoms with Crippen LogP contribution in [0.4, 0.5) is 5.69 Å². The Balaban J connectivity index is 1.83. The first-order valence-corrected chi connectivity index (χ1v) is 9.35. The fraction of sp³-hybridized carbons (Fsp3) is 0.118. The Kier molecular flexibility index (Phi) is 4.93. The molecule has 3 rings (SSSR count). The highest BCUT2D eigenvalue weighted by atomic mass is 32.2. The summed E-state index contributed by atoms with van der Waals surface area (Å²) in [6.45, 7) is 1.72. The Morgan fingerprint density at radius 3 is 2.52 bits per heavy atom. The molecule has 0 bridgehead atoms. The molecule has 0 fully saturated rings. The second-order valence-electron chi connectivity index (χ2n) is 5.66. The largest absolute Gasteiger partial charge is 0.497 e. The molecule has 0 aliphatic carbocycles. The van der Waals surface area contributed by atoms with E-state index in [9.17, 15) is 13.2 Å². The summed E-state index contributed by atoms with van der Waals surface area (Å²) >= 11 is 0. The zero-order valence-corrected chi connectivity index (χ0v) is 15.4. The van der Waals surface area contributed by atoms with Crippen LogP contribution in [-0.2, 0) is 10.0 Å². The molecule has 0 aliphatic rings. The van der Waals surface area contributed by atoms with E-state index >= 15 is 0 Å². The van der Waals surface area contributed by atoms with Gasteiger partial charge in [0.05, 0.1) is 23.4 Å². The van der Waals surface area contributed by atoms with Crippen molar-refractivity contribution in [2.24, 2.45) is 5.14 Å². The fourth-order valence-corrected chi connectivity index (χ4v) is 2.96. The lowest BCUT2D eigenvalue weighted by molar-refractivity contribution is 0.102. The standard InChI is InChI=1S/C17H17N5O4S/c1-11-16(20-21-22(11)13-4-3-5-14(10-13)26-2)17(23)19-12-6-8-15(9-7-12)27(18,24)25/h3-10H,1-2H3,(H,19,23)(H2,18,24,25). The van der Waals surface area contributed by atoms with Gasteiger partial charge in [0.15, 0.2) is 5.69 Å². The normalized spacial score (nSPS) is 11.2. The number of aromatic nitrogens is 3. The van der Waals surface area contributed by atoms with Crippen LogP contribution in [0, 0.1) is 6.92 Å². The van der Waals surface area contributed by atoms with Gasteiger partial charge >= 0.3 is 0 Å². The van der Waals surface area contributed by atoms with Crippen molar-refractivity contribution in [2.45, 2.75) is 11.8 Å². The van der Waals surface area contributed by atoms with E-state index in [0.29, 0.717) is 22.8 Å². The maximum absolute atomic E-state index is 12.5. The van der Waals surface area contributed by atoms with Crippen LogP contribution < -0.4 is 15.2 Å². The molecule has 10 heteroatoms. The predicted molar refractivity (Wildman–Crippen MR) is 98.4 cm³/mol. The van der Waals surface area contributed by atoms with Crippen molar-refractivity contribution in [3.63, 3.8) is 0 Å². The number of carbonyl (C=O) groups is 1. The molecule has 0 radical (unpaired) electrons. The molecule has 0 unspecified atom stereocenters. The molecule has 3 aromatic rings. The van der Waals surface area contributed by atoms with Crippen molar-refractivity contribution < 1.29 is 17.9 Å². The SMILES string of the molecule is COc1cccc(-n2nnc(C(=O)Nc3ccc(S(N)(=O)=O)cc3)c2C)c1. The Morgan fingerprint density at radius 1 is 1.19 bits per heavy atom. The van der Waals surface area contributed by atoms with Crippen molar-refractivity contribution in [1.29, 1.82) is 0 Å². The van der Waals surface area contributed by atoms with Gasteiger partial charge in [0.1, 0.15) is 5.75 Å². The van der Waals surface area contributed by atoms with E-state index in [1.165, 1.54) is 28.9 Å². The summed E-state index contributed by atoms with van der Waals surface area (Å²) < 4.78 is 29.3. The molecule has 0 spiro atoms. The van der Waals surface area contributed by atoms with Crippen LogP contribution in [0.3, 0.4) is 0 Å². The number of nitrogens with one attached hydrogen (secondary N) is 1. The van der Waals surface area contributed by atoms with Crippen molar-refractivity contribution in [1.82, 2.24) is 15.0 Å². The molecule has 27 heavy (non-hydrogen) atoms. The lowest BCUT2D eigenvalue weighted by Crippen LogP contribution is -2.15. The van der Waals surface area contributed by atoms with E-state index in [2.05, 4.69) is 15.6 Å². The number of rotatable bonds is 5. The molecule has 1 heterocycles. The summed E-state index contributed by atoms with van der Waals surface area (Å²) in [7, 11) is -2.23. The predicted octanol–water partition coefficient (Wildman–Crippen LogP) is 1.48. The maximum atomic E-state index is 12.5. The van der Waals surface area contributed by atoms with Crippen LogP contribution in [-0.4, -0.2) is 36.4 Å². The van der Waals surface area contributed by atoms with Crippen LogP contribution in [0.25, 0.3) is 5.69 Å². The number of sulfonamides is 1. The summed E-state index contributed by atoms with van der Waals surface area (Å²) in [4.78, 5) is 12.4. The third-order valence-electron chi connectivity index (χ3n) is 3.85. The smallest absolute Gasteiger partial charge is 0.278 e. The van der Waals surface area contributed by atoms with Gasteiger partial charge in [0.2, 0.25) is 10.0 Å². The molecule has 1 amide bonds. The van der Waals surface area contributed by atoms with Crippen LogP contribution in [0.5, 0.6) is 5.75 Å². The average molecular weight is 387 g/mol. The van der Waals surface area contributed by atoms with Crippen molar-refractivity contribution in [3.8, 4) is 11.4 Å². The van der Waals surface area contributed by atoms with Crippen LogP contribution in [0.1, 0.15) is 16.2 Å². The number of primary sulfonamides is 1. The van der Waals surface area contributed by atoms with Gasteiger partial charge in [-0.1, -0.05) is 11.3 Å². The second-order valence-corrected chi connectivity index (χ2v) is 7.22. The lowest BCUT2D eigenvalue weighted by atomic mass is 10.2. The van der Waals surface area contributed by atoms with Crippen molar-refractivity contribution in [2.75, 3.05) is 12.4 Å². The maximum Gasteiger partial charge on any atom is 0.278 e. The minimum atomic E-state index is -3.79. The highest BCUT2D eigenvalue weighted by Crippen LogP contribution is 2.19. The molecular formula is C17H17N5O4S. The van der Waals surface area contributed by atoms with Crippen molar-refractivity contribution >= 4 is 21.6 Å². The summed E-state index contributed by atoms with van der Waals surface area (Å²) in [6.07, 6.45) is 0. The number of amides is 1. The Morgan fingerprint density at radius 2 is 1.89 bits per heavy atom. The van der Waals surface area contributed by atoms with Crippen LogP contribution in [0.15, 0.2) is 53.4 Å². The van der Waals surface area contributed by atoms with Gasteiger partial charge < -0.3 is 10.1 Å². The van der Waals surface area contributed by atoms with E-state index in [1.807, 2.05) is 12.1 Å². The molecule has 9 nitrogen and oxygen atoms in total. The van der Waals surface area contributed by atoms with Gasteiger partial charge in [0.25, 0.3) is 5.91 Å². The van der Waals surface area contributed by atoms with Gasteiger partial charge in [-0.15, -0.1) is 5.10 Å². The number of hydrogen-bond acceptors (Lipinski definition) is 6. The van der Waals surface area contributed by atoms with E-state index in [1.54, 1.807) is 26.2 Å². The number of hydrogen-bond donors (Lipinski definition) is 2. The molecule has 0 aliphatic heterocycles. The quantitative estimate of drug-likeness (QED) is 0.682. The summed E-state index contributed by atoms with van der Waals surface area (Å²) in [5, 5.41) is 15.7. The Hall–Kier alpha value is -3.24. The number of anilines is 1. The van der Waals surface area contributed by atoms with Crippen LogP contribution >= 0.6 is 0 Å². The van der Waals surface area contributed by atoms with E-state index in [-0.39, 0.29) is 10.6 Å². The number of methoxy groups -OCH3 is 1. The molecule has 2 aromatic carbocycles. The third kappa shape index (κ3) is 3.96. The molecular weight excluding hydrogens is 370 g/mol. The number of benzene rings is 2. The summed E-state index contributed by atoms with van der Waals surface area (Å²) in [5.41, 5.74) is 1.80. The molecule has 0 saturated heterocycles. The molecule has 0 atom stereocenters. The van der Waals surface area contributed by atoms with E-state index in [0.717, 1.165) is 0 Å². The van der Waals surface area contributed by atoms with Gasteiger partial charge in [-0.3, -0.25) is 4.79 Å². The first kappa shape index (κ1) is 18.5. The van der Waals surface area contributed by atoms with E-state index in [4.69, 9.17) is 9.88 Å². The summed E-state index contributed by atoms with van der Waals surface area (Å²) in [5.74, 6) is 0.188. The number of nitrogens with two attached hydrogens (primary N) is 1. The highest BCUT2D eigenvalue weighted by molar-refractivity contribution is 7.89. The number of carbonyl (C=O) groups excluding carboxylic acids is 1. The Labute approximate surface area is 155 Å². The van der Waals surface area contributed by atoms with Crippen molar-refractivity contribution in [3.05, 3.63) is 59.9 Å². The molecule has 1 aromatic heterocycles. The van der Waals surface area contributed by atoms with E-state index < -0.39 is 15.9 Å². The highest BCUT2D eigenvalue weighted by Gasteiger charge is 2.18. The van der Waals surface area contributed by atoms with Gasteiger partial charge in [-0.05, 0) is 43.3 Å². The topological polar surface area (TPSA) is 129 Å². The Bertz CT molecular complexity index is 1090. The first-order valence-electron chi connectivity index (χ1n) is 7.80.